The topological polar surface area (TPSA) is 38.8 Å². The van der Waals surface area contributed by atoms with E-state index >= 15 is 0 Å². The van der Waals surface area contributed by atoms with Crippen LogP contribution >= 0.6 is 15.9 Å². The second kappa shape index (κ2) is 6.46. The van der Waals surface area contributed by atoms with Crippen molar-refractivity contribution in [1.29, 1.82) is 0 Å². The van der Waals surface area contributed by atoms with E-state index in [1.165, 1.54) is 6.42 Å². The highest BCUT2D eigenvalue weighted by Gasteiger charge is 2.36. The molecule has 1 heterocycles. The molecule has 1 aromatic rings. The molecule has 0 amide bonds. The Kier molecular flexibility index (Phi) is 4.62. The van der Waals surface area contributed by atoms with E-state index in [1.54, 1.807) is 7.11 Å². The number of methoxy groups -OCH3 is 1. The lowest BCUT2D eigenvalue weighted by atomic mass is 10.1. The van der Waals surface area contributed by atoms with Crippen molar-refractivity contribution in [1.82, 2.24) is 4.90 Å². The first-order valence-corrected chi connectivity index (χ1v) is 8.20. The Labute approximate surface area is 133 Å². The first-order chi connectivity index (χ1) is 10.2. The summed E-state index contributed by atoms with van der Waals surface area (Å²) in [5.41, 5.74) is 0.726. The monoisotopic (exact) mass is 353 g/mol. The molecule has 21 heavy (non-hydrogen) atoms. The van der Waals surface area contributed by atoms with Crippen molar-refractivity contribution in [2.45, 2.75) is 31.4 Å². The lowest BCUT2D eigenvalue weighted by Crippen LogP contribution is -2.50. The molecule has 0 bridgehead atoms. The van der Waals surface area contributed by atoms with Gasteiger partial charge in [-0.25, -0.2) is 0 Å². The molecular formula is C16H20BrNO3. The minimum absolute atomic E-state index is 0.158. The average Bonchev–Trinajstić information content (AvgIpc) is 2.96. The minimum atomic E-state index is 0.158. The SMILES string of the molecule is COc1ccc(C(=O)CN2CCOC3CCCC32)cc1Br. The fourth-order valence-electron chi connectivity index (χ4n) is 3.32. The van der Waals surface area contributed by atoms with Crippen LogP contribution in [0.15, 0.2) is 22.7 Å². The third-order valence-corrected chi connectivity index (χ3v) is 5.04. The second-order valence-electron chi connectivity index (χ2n) is 5.65. The Bertz CT molecular complexity index is 534. The number of hydrogen-bond acceptors (Lipinski definition) is 4. The van der Waals surface area contributed by atoms with Crippen molar-refractivity contribution in [2.24, 2.45) is 0 Å². The molecule has 1 saturated heterocycles. The van der Waals surface area contributed by atoms with Crippen LogP contribution in [0.1, 0.15) is 29.6 Å². The molecule has 2 atom stereocenters. The third-order valence-electron chi connectivity index (χ3n) is 4.42. The average molecular weight is 354 g/mol. The number of hydrogen-bond donors (Lipinski definition) is 0. The van der Waals surface area contributed by atoms with Crippen molar-refractivity contribution in [3.8, 4) is 5.75 Å². The molecule has 1 aliphatic carbocycles. The van der Waals surface area contributed by atoms with Gasteiger partial charge in [-0.15, -0.1) is 0 Å². The van der Waals surface area contributed by atoms with Crippen molar-refractivity contribution < 1.29 is 14.3 Å². The summed E-state index contributed by atoms with van der Waals surface area (Å²) in [5, 5.41) is 0. The number of rotatable bonds is 4. The Hall–Kier alpha value is -0.910. The van der Waals surface area contributed by atoms with Gasteiger partial charge in [-0.2, -0.15) is 0 Å². The van der Waals surface area contributed by atoms with Crippen LogP contribution in [0, 0.1) is 0 Å². The molecule has 0 spiro atoms. The van der Waals surface area contributed by atoms with E-state index in [-0.39, 0.29) is 5.78 Å². The first kappa shape index (κ1) is 15.0. The van der Waals surface area contributed by atoms with Crippen molar-refractivity contribution in [2.75, 3.05) is 26.8 Å². The summed E-state index contributed by atoms with van der Waals surface area (Å²) in [6.07, 6.45) is 3.80. The summed E-state index contributed by atoms with van der Waals surface area (Å²) in [5.74, 6) is 0.902. The molecule has 4 nitrogen and oxygen atoms in total. The number of halogens is 1. The molecule has 2 aliphatic rings. The molecule has 0 N–H and O–H groups in total. The van der Waals surface area contributed by atoms with E-state index in [4.69, 9.17) is 9.47 Å². The van der Waals surface area contributed by atoms with Crippen LogP contribution in [0.2, 0.25) is 0 Å². The summed E-state index contributed by atoms with van der Waals surface area (Å²) in [4.78, 5) is 14.8. The van der Waals surface area contributed by atoms with Gasteiger partial charge >= 0.3 is 0 Å². The molecule has 2 unspecified atom stereocenters. The normalized spacial score (nSPS) is 25.6. The molecule has 1 aliphatic heterocycles. The number of nitrogens with zero attached hydrogens (tertiary/aromatic N) is 1. The van der Waals surface area contributed by atoms with Crippen LogP contribution in [-0.2, 0) is 4.74 Å². The Morgan fingerprint density at radius 1 is 1.48 bits per heavy atom. The Morgan fingerprint density at radius 2 is 2.33 bits per heavy atom. The van der Waals surface area contributed by atoms with Gasteiger partial charge in [0, 0.05) is 18.2 Å². The Balaban J connectivity index is 1.69. The van der Waals surface area contributed by atoms with Crippen molar-refractivity contribution >= 4 is 21.7 Å². The van der Waals surface area contributed by atoms with Crippen LogP contribution in [0.4, 0.5) is 0 Å². The van der Waals surface area contributed by atoms with Gasteiger partial charge in [0.25, 0.3) is 0 Å². The fraction of sp³-hybridized carbons (Fsp3) is 0.562. The smallest absolute Gasteiger partial charge is 0.176 e. The lowest BCUT2D eigenvalue weighted by molar-refractivity contribution is -0.0522. The van der Waals surface area contributed by atoms with Crippen molar-refractivity contribution in [3.05, 3.63) is 28.2 Å². The maximum absolute atomic E-state index is 12.5. The summed E-state index contributed by atoms with van der Waals surface area (Å²) in [6.45, 7) is 2.06. The molecule has 2 fully saturated rings. The number of morpholine rings is 1. The molecule has 0 aromatic heterocycles. The third kappa shape index (κ3) is 3.15. The van der Waals surface area contributed by atoms with Gasteiger partial charge in [-0.05, 0) is 53.4 Å². The molecule has 1 saturated carbocycles. The number of ketones is 1. The number of fused-ring (bicyclic) bond motifs is 1. The van der Waals surface area contributed by atoms with E-state index in [0.717, 1.165) is 41.8 Å². The second-order valence-corrected chi connectivity index (χ2v) is 6.50. The molecule has 114 valence electrons. The van der Waals surface area contributed by atoms with E-state index in [2.05, 4.69) is 20.8 Å². The summed E-state index contributed by atoms with van der Waals surface area (Å²) in [6, 6.07) is 5.92. The van der Waals surface area contributed by atoms with Gasteiger partial charge in [0.1, 0.15) is 5.75 Å². The maximum Gasteiger partial charge on any atom is 0.176 e. The van der Waals surface area contributed by atoms with Crippen LogP contribution in [0.3, 0.4) is 0 Å². The number of carbonyl (C=O) groups excluding carboxylic acids is 1. The van der Waals surface area contributed by atoms with Gasteiger partial charge in [0.05, 0.1) is 30.8 Å². The summed E-state index contributed by atoms with van der Waals surface area (Å²) < 4.78 is 11.8. The van der Waals surface area contributed by atoms with Crippen LogP contribution in [0.25, 0.3) is 0 Å². The molecule has 0 radical (unpaired) electrons. The number of carbonyl (C=O) groups is 1. The standard InChI is InChI=1S/C16H20BrNO3/c1-20-15-6-5-11(9-12(15)17)14(19)10-18-7-8-21-16-4-2-3-13(16)18/h5-6,9,13,16H,2-4,7-8,10H2,1H3. The van der Waals surface area contributed by atoms with Gasteiger partial charge in [0.15, 0.2) is 5.78 Å². The van der Waals surface area contributed by atoms with E-state index in [1.807, 2.05) is 18.2 Å². The van der Waals surface area contributed by atoms with Gasteiger partial charge < -0.3 is 9.47 Å². The highest BCUT2D eigenvalue weighted by Crippen LogP contribution is 2.30. The van der Waals surface area contributed by atoms with Crippen LogP contribution in [0.5, 0.6) is 5.75 Å². The number of benzene rings is 1. The molecule has 1 aromatic carbocycles. The van der Waals surface area contributed by atoms with Gasteiger partial charge in [-0.3, -0.25) is 9.69 Å². The minimum Gasteiger partial charge on any atom is -0.496 e. The molecule has 5 heteroatoms. The van der Waals surface area contributed by atoms with E-state index < -0.39 is 0 Å². The maximum atomic E-state index is 12.5. The number of Topliss-reactive ketones (excluding diaryl/α,β-unsaturated/α-hetero) is 1. The fourth-order valence-corrected chi connectivity index (χ4v) is 3.86. The highest BCUT2D eigenvalue weighted by molar-refractivity contribution is 9.10. The molecule has 3 rings (SSSR count). The van der Waals surface area contributed by atoms with E-state index in [0.29, 0.717) is 18.7 Å². The number of ether oxygens (including phenoxy) is 2. The summed E-state index contributed by atoms with van der Waals surface area (Å²) in [7, 11) is 1.62. The largest absolute Gasteiger partial charge is 0.496 e. The van der Waals surface area contributed by atoms with Gasteiger partial charge in [0.2, 0.25) is 0 Å². The zero-order valence-electron chi connectivity index (χ0n) is 12.2. The zero-order chi connectivity index (χ0) is 14.8. The predicted molar refractivity (Wildman–Crippen MR) is 84.0 cm³/mol. The lowest BCUT2D eigenvalue weighted by Gasteiger charge is -2.37. The van der Waals surface area contributed by atoms with Crippen LogP contribution < -0.4 is 4.74 Å². The first-order valence-electron chi connectivity index (χ1n) is 7.41. The Morgan fingerprint density at radius 3 is 3.10 bits per heavy atom. The zero-order valence-corrected chi connectivity index (χ0v) is 13.8. The predicted octanol–water partition coefficient (Wildman–Crippen LogP) is 2.89. The van der Waals surface area contributed by atoms with Crippen molar-refractivity contribution in [3.63, 3.8) is 0 Å². The summed E-state index contributed by atoms with van der Waals surface area (Å²) >= 11 is 3.44. The quantitative estimate of drug-likeness (QED) is 0.780. The van der Waals surface area contributed by atoms with Gasteiger partial charge in [-0.1, -0.05) is 0 Å². The van der Waals surface area contributed by atoms with Crippen LogP contribution in [-0.4, -0.2) is 49.6 Å². The molecular weight excluding hydrogens is 334 g/mol. The highest BCUT2D eigenvalue weighted by atomic mass is 79.9. The van der Waals surface area contributed by atoms with E-state index in [9.17, 15) is 4.79 Å².